The van der Waals surface area contributed by atoms with Crippen molar-refractivity contribution in [3.8, 4) is 0 Å². The van der Waals surface area contributed by atoms with E-state index in [2.05, 4.69) is 11.6 Å². The van der Waals surface area contributed by atoms with Gasteiger partial charge in [0.05, 0.1) is 13.2 Å². The lowest BCUT2D eigenvalue weighted by molar-refractivity contribution is 0.215. The number of hydrogen-bond acceptors (Lipinski definition) is 6. The molecule has 20 heavy (non-hydrogen) atoms. The average molecular weight is 320 g/mol. The molecule has 0 aliphatic carbocycles. The Morgan fingerprint density at radius 2 is 1.85 bits per heavy atom. The summed E-state index contributed by atoms with van der Waals surface area (Å²) in [6, 6.07) is 0. The van der Waals surface area contributed by atoms with Crippen molar-refractivity contribution in [1.29, 1.82) is 0 Å². The van der Waals surface area contributed by atoms with Gasteiger partial charge < -0.3 is 10.3 Å². The van der Waals surface area contributed by atoms with Gasteiger partial charge in [-0.1, -0.05) is 20.4 Å². The number of nitrogens with two attached hydrogens (primary N) is 1. The summed E-state index contributed by atoms with van der Waals surface area (Å²) in [4.78, 5) is 4.31. The third-order valence-electron chi connectivity index (χ3n) is 2.05. The predicted molar refractivity (Wildman–Crippen MR) is 88.0 cm³/mol. The van der Waals surface area contributed by atoms with Crippen molar-refractivity contribution in [2.45, 2.75) is 34.6 Å². The van der Waals surface area contributed by atoms with Gasteiger partial charge in [-0.05, 0) is 26.7 Å². The molecule has 0 unspecified atom stereocenters. The van der Waals surface area contributed by atoms with E-state index in [9.17, 15) is 0 Å². The van der Waals surface area contributed by atoms with Crippen LogP contribution >= 0.6 is 6.72 Å². The molecule has 0 aliphatic rings. The van der Waals surface area contributed by atoms with Gasteiger partial charge in [-0.15, -0.1) is 0 Å². The van der Waals surface area contributed by atoms with Crippen molar-refractivity contribution in [3.05, 3.63) is 24.0 Å². The monoisotopic (exact) mass is 320 g/mol. The molecule has 0 aliphatic heterocycles. The molecule has 0 bridgehead atoms. The molecule has 0 aromatic carbocycles. The molecule has 5 nitrogen and oxygen atoms in total. The van der Waals surface area contributed by atoms with E-state index < -0.39 is 6.72 Å². The minimum absolute atomic E-state index is 0.192. The zero-order chi connectivity index (χ0) is 15.8. The summed E-state index contributed by atoms with van der Waals surface area (Å²) in [5.41, 5.74) is 6.90. The number of aliphatic imine (C=N–C) groups is 1. The van der Waals surface area contributed by atoms with Gasteiger partial charge in [-0.3, -0.25) is 9.05 Å². The second kappa shape index (κ2) is 9.29. The van der Waals surface area contributed by atoms with Crippen molar-refractivity contribution < 1.29 is 13.6 Å². The highest BCUT2D eigenvalue weighted by Crippen LogP contribution is 2.50. The molecular weight excluding hydrogens is 295 g/mol. The molecule has 0 heterocycles. The van der Waals surface area contributed by atoms with E-state index in [1.54, 1.807) is 13.0 Å². The molecule has 0 saturated heterocycles. The molecule has 0 amide bonds. The first-order chi connectivity index (χ1) is 9.24. The Labute approximate surface area is 127 Å². The van der Waals surface area contributed by atoms with Crippen LogP contribution in [0.25, 0.3) is 0 Å². The highest BCUT2D eigenvalue weighted by atomic mass is 32.5. The fourth-order valence-corrected chi connectivity index (χ4v) is 3.06. The Morgan fingerprint density at radius 1 is 1.35 bits per heavy atom. The average Bonchev–Trinajstić information content (AvgIpc) is 2.27. The number of nitrogens with zero attached hydrogens (tertiary/aromatic N) is 1. The summed E-state index contributed by atoms with van der Waals surface area (Å²) >= 11 is 5.31. The summed E-state index contributed by atoms with van der Waals surface area (Å²) < 4.78 is 16.5. The van der Waals surface area contributed by atoms with Crippen LogP contribution in [0.1, 0.15) is 34.6 Å². The van der Waals surface area contributed by atoms with Gasteiger partial charge in [0.1, 0.15) is 0 Å². The Morgan fingerprint density at radius 3 is 2.20 bits per heavy atom. The molecule has 0 rings (SSSR count). The number of allylic oxidation sites excluding steroid dienone is 2. The SMILES string of the molecule is C=C(/N=C(\C=C(\C)N)OP(=S)(OCC)OCC)C(C)C. The van der Waals surface area contributed by atoms with Crippen LogP contribution in [-0.2, 0) is 25.4 Å². The first kappa shape index (κ1) is 19.3. The van der Waals surface area contributed by atoms with Crippen molar-refractivity contribution >= 4 is 24.4 Å². The molecule has 0 atom stereocenters. The first-order valence-electron chi connectivity index (χ1n) is 6.54. The molecule has 2 N–H and O–H groups in total. The number of hydrogen-bond donors (Lipinski definition) is 1. The van der Waals surface area contributed by atoms with Crippen LogP contribution in [-0.4, -0.2) is 19.1 Å². The Bertz CT molecular complexity index is 419. The molecule has 0 aromatic heterocycles. The molecule has 0 saturated carbocycles. The van der Waals surface area contributed by atoms with Crippen LogP contribution in [0.3, 0.4) is 0 Å². The maximum Gasteiger partial charge on any atom is 0.381 e. The maximum absolute atomic E-state index is 5.68. The summed E-state index contributed by atoms with van der Waals surface area (Å²) in [5.74, 6) is 0.464. The standard InChI is InChI=1S/C13H25N2O3PS/c1-7-16-19(20,17-8-2)18-13(9-11(5)14)15-12(6)10(3)4/h9-10H,6-8,14H2,1-5H3/b11-9-,15-13+. The Balaban J connectivity index is 5.29. The van der Waals surface area contributed by atoms with E-state index in [1.807, 2.05) is 27.7 Å². The molecule has 116 valence electrons. The number of rotatable bonds is 8. The minimum atomic E-state index is -2.86. The fourth-order valence-electron chi connectivity index (χ4n) is 1.07. The molecular formula is C13H25N2O3PS. The predicted octanol–water partition coefficient (Wildman–Crippen LogP) is 3.73. The zero-order valence-corrected chi connectivity index (χ0v) is 14.6. The van der Waals surface area contributed by atoms with Crippen LogP contribution in [0.2, 0.25) is 0 Å². The largest absolute Gasteiger partial charge is 0.406 e. The molecule has 0 radical (unpaired) electrons. The van der Waals surface area contributed by atoms with E-state index >= 15 is 0 Å². The quantitative estimate of drug-likeness (QED) is 0.419. The lowest BCUT2D eigenvalue weighted by Crippen LogP contribution is -2.08. The second-order valence-corrected chi connectivity index (χ2v) is 7.29. The summed E-state index contributed by atoms with van der Waals surface area (Å²) in [5, 5.41) is 0. The minimum Gasteiger partial charge on any atom is -0.406 e. The lowest BCUT2D eigenvalue weighted by atomic mass is 10.2. The zero-order valence-electron chi connectivity index (χ0n) is 12.9. The first-order valence-corrected chi connectivity index (χ1v) is 9.09. The van der Waals surface area contributed by atoms with Crippen LogP contribution in [0.15, 0.2) is 29.0 Å². The Kier molecular flexibility index (Phi) is 8.98. The third kappa shape index (κ3) is 7.80. The maximum atomic E-state index is 5.68. The fraction of sp³-hybridized carbons (Fsp3) is 0.615. The van der Waals surface area contributed by atoms with Gasteiger partial charge in [-0.25, -0.2) is 4.99 Å². The molecule has 0 fully saturated rings. The summed E-state index contributed by atoms with van der Waals surface area (Å²) in [6.45, 7) is 11.2. The van der Waals surface area contributed by atoms with Crippen LogP contribution < -0.4 is 5.73 Å². The van der Waals surface area contributed by atoms with Gasteiger partial charge in [0, 0.05) is 29.3 Å². The van der Waals surface area contributed by atoms with Gasteiger partial charge in [-0.2, -0.15) is 0 Å². The summed E-state index contributed by atoms with van der Waals surface area (Å²) in [6.07, 6.45) is 1.59. The third-order valence-corrected chi connectivity index (χ3v) is 4.47. The topological polar surface area (TPSA) is 66.1 Å². The van der Waals surface area contributed by atoms with Crippen LogP contribution in [0, 0.1) is 5.92 Å². The highest BCUT2D eigenvalue weighted by molar-refractivity contribution is 8.07. The van der Waals surface area contributed by atoms with Gasteiger partial charge in [0.25, 0.3) is 0 Å². The molecule has 0 spiro atoms. The van der Waals surface area contributed by atoms with Crippen molar-refractivity contribution in [2.24, 2.45) is 16.6 Å². The van der Waals surface area contributed by atoms with Gasteiger partial charge >= 0.3 is 6.72 Å². The normalized spacial score (nSPS) is 13.7. The van der Waals surface area contributed by atoms with Crippen molar-refractivity contribution in [3.63, 3.8) is 0 Å². The van der Waals surface area contributed by atoms with Crippen molar-refractivity contribution in [2.75, 3.05) is 13.2 Å². The molecule has 7 heteroatoms. The van der Waals surface area contributed by atoms with E-state index in [4.69, 9.17) is 31.1 Å². The van der Waals surface area contributed by atoms with Crippen LogP contribution in [0.5, 0.6) is 0 Å². The summed E-state index contributed by atoms with van der Waals surface area (Å²) in [7, 11) is 0. The van der Waals surface area contributed by atoms with E-state index in [0.717, 1.165) is 0 Å². The van der Waals surface area contributed by atoms with E-state index in [0.29, 0.717) is 24.6 Å². The second-order valence-electron chi connectivity index (χ2n) is 4.36. The van der Waals surface area contributed by atoms with E-state index in [-0.39, 0.29) is 11.8 Å². The van der Waals surface area contributed by atoms with Gasteiger partial charge in [0.2, 0.25) is 5.90 Å². The Hall–Kier alpha value is -0.680. The molecule has 0 aromatic rings. The van der Waals surface area contributed by atoms with E-state index in [1.165, 1.54) is 0 Å². The highest BCUT2D eigenvalue weighted by Gasteiger charge is 2.22. The van der Waals surface area contributed by atoms with Gasteiger partial charge in [0.15, 0.2) is 0 Å². The van der Waals surface area contributed by atoms with Crippen molar-refractivity contribution in [1.82, 2.24) is 0 Å². The smallest absolute Gasteiger partial charge is 0.381 e. The van der Waals surface area contributed by atoms with Crippen LogP contribution in [0.4, 0.5) is 0 Å². The lowest BCUT2D eigenvalue weighted by Gasteiger charge is -2.21.